The summed E-state index contributed by atoms with van der Waals surface area (Å²) in [5.74, 6) is 1.80. The molecule has 0 fully saturated rings. The Bertz CT molecular complexity index is 2130. The van der Waals surface area contributed by atoms with Gasteiger partial charge in [0.05, 0.1) is 11.4 Å². The lowest BCUT2D eigenvalue weighted by Gasteiger charge is -2.26. The van der Waals surface area contributed by atoms with Crippen molar-refractivity contribution < 1.29 is 8.83 Å². The first-order valence-electron chi connectivity index (χ1n) is 13.9. The van der Waals surface area contributed by atoms with E-state index in [1.807, 2.05) is 24.6 Å². The van der Waals surface area contributed by atoms with Gasteiger partial charge in [0.25, 0.3) is 0 Å². The Morgan fingerprint density at radius 2 is 1.12 bits per heavy atom. The maximum absolute atomic E-state index is 6.56. The van der Waals surface area contributed by atoms with Gasteiger partial charge in [0.15, 0.2) is 11.2 Å². The van der Waals surface area contributed by atoms with E-state index in [0.29, 0.717) is 0 Å². The van der Waals surface area contributed by atoms with Crippen LogP contribution >= 0.6 is 0 Å². The molecule has 0 unspecified atom stereocenters. The molecule has 0 radical (unpaired) electrons. The summed E-state index contributed by atoms with van der Waals surface area (Å²) < 4.78 is 13.1. The highest BCUT2D eigenvalue weighted by Gasteiger charge is 2.26. The van der Waals surface area contributed by atoms with Crippen molar-refractivity contribution in [2.24, 2.45) is 0 Å². The summed E-state index contributed by atoms with van der Waals surface area (Å²) in [7, 11) is 0. The maximum atomic E-state index is 6.56. The zero-order chi connectivity index (χ0) is 26.9. The molecule has 0 saturated heterocycles. The smallest absolute Gasteiger partial charge is 0.159 e. The summed E-state index contributed by atoms with van der Waals surface area (Å²) >= 11 is 0. The molecule has 196 valence electrons. The van der Waals surface area contributed by atoms with Gasteiger partial charge in [-0.3, -0.25) is 0 Å². The highest BCUT2D eigenvalue weighted by Crippen LogP contribution is 2.46. The number of nitrogens with one attached hydrogen (secondary N) is 2. The van der Waals surface area contributed by atoms with Crippen LogP contribution in [-0.4, -0.2) is 0 Å². The fourth-order valence-corrected chi connectivity index (χ4v) is 6.47. The fourth-order valence-electron chi connectivity index (χ4n) is 6.47. The SMILES string of the molecule is C1=Cc2oc3c(N(c4ccc5c(ccc6ccccc65)c4)c4cccc5c6c(oc45)C=CNC6)cccc3c2CN1. The molecule has 0 atom stereocenters. The van der Waals surface area contributed by atoms with Crippen LogP contribution in [0.1, 0.15) is 22.6 Å². The second-order valence-electron chi connectivity index (χ2n) is 10.7. The van der Waals surface area contributed by atoms with E-state index in [4.69, 9.17) is 8.83 Å². The van der Waals surface area contributed by atoms with E-state index < -0.39 is 0 Å². The molecular weight excluding hydrogens is 506 g/mol. The summed E-state index contributed by atoms with van der Waals surface area (Å²) in [5, 5.41) is 13.8. The van der Waals surface area contributed by atoms with Crippen molar-refractivity contribution in [3.8, 4) is 0 Å². The van der Waals surface area contributed by atoms with Gasteiger partial charge < -0.3 is 24.4 Å². The molecule has 2 aliphatic heterocycles. The van der Waals surface area contributed by atoms with Crippen LogP contribution in [0.4, 0.5) is 17.1 Å². The Morgan fingerprint density at radius 3 is 1.80 bits per heavy atom. The molecule has 0 saturated carbocycles. The van der Waals surface area contributed by atoms with Crippen molar-refractivity contribution in [2.45, 2.75) is 13.1 Å². The first-order chi connectivity index (χ1) is 20.3. The predicted octanol–water partition coefficient (Wildman–Crippen LogP) is 9.10. The van der Waals surface area contributed by atoms with Crippen LogP contribution < -0.4 is 15.5 Å². The van der Waals surface area contributed by atoms with Gasteiger partial charge >= 0.3 is 0 Å². The van der Waals surface area contributed by atoms with Crippen molar-refractivity contribution in [1.29, 1.82) is 0 Å². The second-order valence-corrected chi connectivity index (χ2v) is 10.7. The van der Waals surface area contributed by atoms with Crippen molar-refractivity contribution in [2.75, 3.05) is 4.90 Å². The van der Waals surface area contributed by atoms with E-state index in [1.165, 1.54) is 32.7 Å². The monoisotopic (exact) mass is 531 g/mol. The fraction of sp³-hybridized carbons (Fsp3) is 0.0556. The molecule has 5 heteroatoms. The van der Waals surface area contributed by atoms with Gasteiger partial charge in [0.2, 0.25) is 0 Å². The molecule has 7 aromatic rings. The quantitative estimate of drug-likeness (QED) is 0.223. The number of fused-ring (bicyclic) bond motifs is 9. The van der Waals surface area contributed by atoms with Gasteiger partial charge in [0.1, 0.15) is 11.5 Å². The molecule has 2 aliphatic rings. The van der Waals surface area contributed by atoms with Gasteiger partial charge in [0, 0.05) is 53.1 Å². The van der Waals surface area contributed by atoms with Gasteiger partial charge in [-0.15, -0.1) is 0 Å². The van der Waals surface area contributed by atoms with Crippen LogP contribution in [0.15, 0.2) is 112 Å². The lowest BCUT2D eigenvalue weighted by atomic mass is 10.0. The molecule has 2 aromatic heterocycles. The third-order valence-electron chi connectivity index (χ3n) is 8.39. The minimum Gasteiger partial charge on any atom is -0.454 e. The Morgan fingerprint density at radius 1 is 0.537 bits per heavy atom. The summed E-state index contributed by atoms with van der Waals surface area (Å²) in [6.07, 6.45) is 7.92. The van der Waals surface area contributed by atoms with Gasteiger partial charge in [-0.2, -0.15) is 0 Å². The standard InChI is InChI=1S/C36H25N3O2/c1-2-6-25-22(5-1)11-12-23-19-24(13-14-26(23)25)39(31-9-3-7-27-29-20-37-17-15-33(29)40-35(27)31)32-10-4-8-28-30-21-38-18-16-34(30)41-36(28)32/h1-19,37-38H,20-21H2. The van der Waals surface area contributed by atoms with Crippen LogP contribution in [0.3, 0.4) is 0 Å². The number of benzene rings is 5. The van der Waals surface area contributed by atoms with Crippen molar-refractivity contribution in [1.82, 2.24) is 10.6 Å². The Labute approximate surface area is 236 Å². The van der Waals surface area contributed by atoms with E-state index in [9.17, 15) is 0 Å². The summed E-state index contributed by atoms with van der Waals surface area (Å²) in [4.78, 5) is 2.29. The lowest BCUT2D eigenvalue weighted by molar-refractivity contribution is 0.590. The zero-order valence-corrected chi connectivity index (χ0v) is 22.1. The van der Waals surface area contributed by atoms with E-state index >= 15 is 0 Å². The van der Waals surface area contributed by atoms with E-state index in [1.54, 1.807) is 0 Å². The molecule has 5 nitrogen and oxygen atoms in total. The Balaban J connectivity index is 1.34. The van der Waals surface area contributed by atoms with Crippen molar-refractivity contribution in [3.63, 3.8) is 0 Å². The van der Waals surface area contributed by atoms with Crippen molar-refractivity contribution in [3.05, 3.63) is 126 Å². The zero-order valence-electron chi connectivity index (χ0n) is 22.1. The second kappa shape index (κ2) is 8.54. The molecule has 9 rings (SSSR count). The van der Waals surface area contributed by atoms with Crippen LogP contribution in [0, 0.1) is 0 Å². The average Bonchev–Trinajstić information content (AvgIpc) is 3.61. The first kappa shape index (κ1) is 22.4. The van der Waals surface area contributed by atoms with Crippen LogP contribution in [0.2, 0.25) is 0 Å². The lowest BCUT2D eigenvalue weighted by Crippen LogP contribution is -2.11. The molecule has 2 N–H and O–H groups in total. The molecule has 0 bridgehead atoms. The third-order valence-corrected chi connectivity index (χ3v) is 8.39. The number of hydrogen-bond acceptors (Lipinski definition) is 5. The molecule has 0 amide bonds. The van der Waals surface area contributed by atoms with Crippen LogP contribution in [0.5, 0.6) is 0 Å². The molecule has 5 aromatic carbocycles. The van der Waals surface area contributed by atoms with E-state index in [-0.39, 0.29) is 0 Å². The van der Waals surface area contributed by atoms with E-state index in [0.717, 1.165) is 63.6 Å². The van der Waals surface area contributed by atoms with Gasteiger partial charge in [-0.05, 0) is 58.0 Å². The number of para-hydroxylation sites is 2. The van der Waals surface area contributed by atoms with Crippen LogP contribution in [0.25, 0.3) is 55.6 Å². The average molecular weight is 532 g/mol. The topological polar surface area (TPSA) is 53.6 Å². The summed E-state index contributed by atoms with van der Waals surface area (Å²) in [5.41, 5.74) is 7.06. The molecule has 0 aliphatic carbocycles. The Hall–Kier alpha value is -5.42. The van der Waals surface area contributed by atoms with Crippen LogP contribution in [-0.2, 0) is 13.1 Å². The van der Waals surface area contributed by atoms with E-state index in [2.05, 4.69) is 107 Å². The molecule has 0 spiro atoms. The van der Waals surface area contributed by atoms with Gasteiger partial charge in [-0.1, -0.05) is 66.7 Å². The van der Waals surface area contributed by atoms with Gasteiger partial charge in [-0.25, -0.2) is 0 Å². The maximum Gasteiger partial charge on any atom is 0.159 e. The predicted molar refractivity (Wildman–Crippen MR) is 167 cm³/mol. The molecule has 41 heavy (non-hydrogen) atoms. The number of hydrogen-bond donors (Lipinski definition) is 2. The summed E-state index contributed by atoms with van der Waals surface area (Å²) in [6.45, 7) is 1.48. The highest BCUT2D eigenvalue weighted by molar-refractivity contribution is 6.10. The highest BCUT2D eigenvalue weighted by atomic mass is 16.3. The minimum absolute atomic E-state index is 0.741. The molecular formula is C36H25N3O2. The van der Waals surface area contributed by atoms with Crippen molar-refractivity contribution >= 4 is 72.7 Å². The third kappa shape index (κ3) is 3.29. The number of furan rings is 2. The normalized spacial score (nSPS) is 13.9. The number of rotatable bonds is 3. The molecule has 4 heterocycles. The minimum atomic E-state index is 0.741. The number of nitrogens with zero attached hydrogens (tertiary/aromatic N) is 1. The first-order valence-corrected chi connectivity index (χ1v) is 13.9. The summed E-state index contributed by atoms with van der Waals surface area (Å²) in [6, 6.07) is 32.5. The number of anilines is 3. The largest absolute Gasteiger partial charge is 0.454 e. The Kier molecular flexibility index (Phi) is 4.66.